The zero-order chi connectivity index (χ0) is 13.3. The van der Waals surface area contributed by atoms with Gasteiger partial charge >= 0.3 is 0 Å². The lowest BCUT2D eigenvalue weighted by molar-refractivity contribution is -0.0486. The van der Waals surface area contributed by atoms with Crippen molar-refractivity contribution in [3.05, 3.63) is 0 Å². The standard InChI is InChI=1S/C11H24O6/c12-7-10(15)5-4-9(14)6-8(13)2-1-3-11(16)17/h8-17H,1-7H2. The quantitative estimate of drug-likeness (QED) is 0.269. The summed E-state index contributed by atoms with van der Waals surface area (Å²) >= 11 is 0. The molecule has 6 nitrogen and oxygen atoms in total. The van der Waals surface area contributed by atoms with E-state index >= 15 is 0 Å². The van der Waals surface area contributed by atoms with Crippen molar-refractivity contribution in [3.63, 3.8) is 0 Å². The minimum atomic E-state index is -1.35. The molecule has 3 unspecified atom stereocenters. The van der Waals surface area contributed by atoms with Gasteiger partial charge in [0.25, 0.3) is 0 Å². The van der Waals surface area contributed by atoms with Crippen LogP contribution in [0.1, 0.15) is 38.5 Å². The Kier molecular flexibility index (Phi) is 9.62. The maximum Gasteiger partial charge on any atom is 0.151 e. The number of rotatable bonds is 10. The van der Waals surface area contributed by atoms with E-state index in [1.165, 1.54) is 0 Å². The molecule has 0 radical (unpaired) electrons. The molecule has 3 atom stereocenters. The third-order valence-corrected chi connectivity index (χ3v) is 2.59. The number of aliphatic hydroxyl groups excluding tert-OH is 5. The summed E-state index contributed by atoms with van der Waals surface area (Å²) < 4.78 is 0. The second kappa shape index (κ2) is 9.76. The monoisotopic (exact) mass is 252 g/mol. The fourth-order valence-electron chi connectivity index (χ4n) is 1.56. The normalized spacial score (nSPS) is 17.1. The van der Waals surface area contributed by atoms with Gasteiger partial charge in [-0.05, 0) is 38.5 Å². The molecule has 0 aromatic heterocycles. The second-order valence-corrected chi connectivity index (χ2v) is 4.37. The Morgan fingerprint density at radius 2 is 1.18 bits per heavy atom. The average molecular weight is 252 g/mol. The molecule has 0 aliphatic carbocycles. The summed E-state index contributed by atoms with van der Waals surface area (Å²) in [6.07, 6.45) is -1.70. The van der Waals surface area contributed by atoms with Gasteiger partial charge in [-0.2, -0.15) is 0 Å². The van der Waals surface area contributed by atoms with Crippen molar-refractivity contribution in [1.82, 2.24) is 0 Å². The lowest BCUT2D eigenvalue weighted by atomic mass is 10.0. The van der Waals surface area contributed by atoms with E-state index in [0.29, 0.717) is 25.7 Å². The van der Waals surface area contributed by atoms with Gasteiger partial charge in [0.1, 0.15) is 0 Å². The molecule has 0 rings (SSSR count). The molecule has 0 saturated carbocycles. The fraction of sp³-hybridized carbons (Fsp3) is 1.00. The molecule has 17 heavy (non-hydrogen) atoms. The first-order valence-electron chi connectivity index (χ1n) is 5.96. The topological polar surface area (TPSA) is 121 Å². The van der Waals surface area contributed by atoms with E-state index < -0.39 is 24.6 Å². The van der Waals surface area contributed by atoms with Gasteiger partial charge in [0.15, 0.2) is 6.29 Å². The molecule has 0 bridgehead atoms. The molecular weight excluding hydrogens is 228 g/mol. The van der Waals surface area contributed by atoms with Gasteiger partial charge in [-0.1, -0.05) is 0 Å². The van der Waals surface area contributed by atoms with Crippen molar-refractivity contribution in [3.8, 4) is 0 Å². The van der Waals surface area contributed by atoms with Crippen molar-refractivity contribution >= 4 is 0 Å². The Hall–Kier alpha value is -0.240. The summed E-state index contributed by atoms with van der Waals surface area (Å²) in [5.41, 5.74) is 0. The summed E-state index contributed by atoms with van der Waals surface area (Å²) in [6.45, 7) is -0.330. The largest absolute Gasteiger partial charge is 0.394 e. The lowest BCUT2D eigenvalue weighted by Gasteiger charge is -2.16. The van der Waals surface area contributed by atoms with Crippen molar-refractivity contribution in [2.75, 3.05) is 6.61 Å². The molecule has 0 aromatic carbocycles. The first kappa shape index (κ1) is 16.8. The van der Waals surface area contributed by atoms with Crippen molar-refractivity contribution in [1.29, 1.82) is 0 Å². The number of hydrogen-bond donors (Lipinski definition) is 6. The van der Waals surface area contributed by atoms with Crippen LogP contribution < -0.4 is 0 Å². The van der Waals surface area contributed by atoms with E-state index in [-0.39, 0.29) is 19.4 Å². The van der Waals surface area contributed by atoms with E-state index in [1.807, 2.05) is 0 Å². The van der Waals surface area contributed by atoms with Crippen molar-refractivity contribution in [2.24, 2.45) is 0 Å². The van der Waals surface area contributed by atoms with Crippen LogP contribution in [0.3, 0.4) is 0 Å². The lowest BCUT2D eigenvalue weighted by Crippen LogP contribution is -2.21. The first-order valence-corrected chi connectivity index (χ1v) is 5.96. The third kappa shape index (κ3) is 10.6. The van der Waals surface area contributed by atoms with Gasteiger partial charge in [0, 0.05) is 0 Å². The van der Waals surface area contributed by atoms with E-state index in [1.54, 1.807) is 0 Å². The smallest absolute Gasteiger partial charge is 0.151 e. The van der Waals surface area contributed by atoms with Gasteiger partial charge < -0.3 is 30.6 Å². The van der Waals surface area contributed by atoms with Crippen molar-refractivity contribution < 1.29 is 30.6 Å². The van der Waals surface area contributed by atoms with Crippen molar-refractivity contribution in [2.45, 2.75) is 63.1 Å². The van der Waals surface area contributed by atoms with Crippen LogP contribution in [0.15, 0.2) is 0 Å². The van der Waals surface area contributed by atoms with Crippen LogP contribution >= 0.6 is 0 Å². The molecule has 0 spiro atoms. The maximum absolute atomic E-state index is 9.52. The zero-order valence-electron chi connectivity index (χ0n) is 9.94. The van der Waals surface area contributed by atoms with Crippen LogP contribution in [-0.2, 0) is 0 Å². The van der Waals surface area contributed by atoms with Gasteiger partial charge in [0.2, 0.25) is 0 Å². The van der Waals surface area contributed by atoms with Crippen LogP contribution in [-0.4, -0.2) is 61.8 Å². The molecule has 0 saturated heterocycles. The number of hydrogen-bond acceptors (Lipinski definition) is 6. The second-order valence-electron chi connectivity index (χ2n) is 4.37. The molecule has 0 fully saturated rings. The van der Waals surface area contributed by atoms with Crippen LogP contribution in [0, 0.1) is 0 Å². The highest BCUT2D eigenvalue weighted by Gasteiger charge is 2.14. The molecule has 0 aliphatic heterocycles. The highest BCUT2D eigenvalue weighted by atomic mass is 16.5. The molecule has 0 aromatic rings. The number of aliphatic hydroxyl groups is 6. The zero-order valence-corrected chi connectivity index (χ0v) is 9.94. The maximum atomic E-state index is 9.52. The summed E-state index contributed by atoms with van der Waals surface area (Å²) in [5.74, 6) is 0. The van der Waals surface area contributed by atoms with Gasteiger partial charge in [-0.25, -0.2) is 0 Å². The highest BCUT2D eigenvalue weighted by molar-refractivity contribution is 4.66. The molecular formula is C11H24O6. The molecule has 6 heteroatoms. The molecule has 6 N–H and O–H groups in total. The Labute approximate surface area is 101 Å². The Balaban J connectivity index is 3.54. The van der Waals surface area contributed by atoms with E-state index in [9.17, 15) is 10.2 Å². The third-order valence-electron chi connectivity index (χ3n) is 2.59. The van der Waals surface area contributed by atoms with Crippen LogP contribution in [0.5, 0.6) is 0 Å². The van der Waals surface area contributed by atoms with Crippen LogP contribution in [0.25, 0.3) is 0 Å². The summed E-state index contributed by atoms with van der Waals surface area (Å²) in [4.78, 5) is 0. The minimum absolute atomic E-state index is 0.194. The Morgan fingerprint density at radius 1 is 0.647 bits per heavy atom. The van der Waals surface area contributed by atoms with E-state index in [2.05, 4.69) is 0 Å². The summed E-state index contributed by atoms with van der Waals surface area (Å²) in [7, 11) is 0. The van der Waals surface area contributed by atoms with Gasteiger partial charge in [0.05, 0.1) is 24.9 Å². The van der Waals surface area contributed by atoms with E-state index in [0.717, 1.165) is 0 Å². The SMILES string of the molecule is OCC(O)CCC(O)CC(O)CCCC(O)O. The summed E-state index contributed by atoms with van der Waals surface area (Å²) in [6, 6.07) is 0. The summed E-state index contributed by atoms with van der Waals surface area (Å²) in [5, 5.41) is 53.9. The Bertz CT molecular complexity index is 175. The fourth-order valence-corrected chi connectivity index (χ4v) is 1.56. The first-order chi connectivity index (χ1) is 7.95. The van der Waals surface area contributed by atoms with Gasteiger partial charge in [-0.3, -0.25) is 0 Å². The highest BCUT2D eigenvalue weighted by Crippen LogP contribution is 2.12. The molecule has 0 amide bonds. The minimum Gasteiger partial charge on any atom is -0.394 e. The van der Waals surface area contributed by atoms with Crippen LogP contribution in [0.4, 0.5) is 0 Å². The average Bonchev–Trinajstić information content (AvgIpc) is 2.25. The Morgan fingerprint density at radius 3 is 1.71 bits per heavy atom. The van der Waals surface area contributed by atoms with Gasteiger partial charge in [-0.15, -0.1) is 0 Å². The molecule has 0 aliphatic rings. The predicted molar refractivity (Wildman–Crippen MR) is 61.0 cm³/mol. The molecule has 104 valence electrons. The van der Waals surface area contributed by atoms with Crippen LogP contribution in [0.2, 0.25) is 0 Å². The molecule has 0 heterocycles. The van der Waals surface area contributed by atoms with E-state index in [4.69, 9.17) is 20.4 Å². The predicted octanol–water partition coefficient (Wildman–Crippen LogP) is -1.29.